The van der Waals surface area contributed by atoms with Crippen molar-refractivity contribution in [3.63, 3.8) is 0 Å². The van der Waals surface area contributed by atoms with E-state index in [0.717, 1.165) is 13.0 Å². The molecule has 0 bridgehead atoms. The Morgan fingerprint density at radius 3 is 3.00 bits per heavy atom. The molecule has 0 saturated carbocycles. The summed E-state index contributed by atoms with van der Waals surface area (Å²) >= 11 is 6.12. The van der Waals surface area contributed by atoms with E-state index >= 15 is 0 Å². The van der Waals surface area contributed by atoms with E-state index in [1.807, 2.05) is 10.8 Å². The predicted molar refractivity (Wildman–Crippen MR) is 95.1 cm³/mol. The van der Waals surface area contributed by atoms with Gasteiger partial charge in [-0.05, 0) is 31.5 Å². The number of hydrogen-bond donors (Lipinski definition) is 1. The fourth-order valence-corrected chi connectivity index (χ4v) is 2.59. The number of hydrogen-bond acceptors (Lipinski definition) is 6. The Kier molecular flexibility index (Phi) is 5.85. The molecule has 3 aromatic rings. The van der Waals surface area contributed by atoms with Crippen molar-refractivity contribution in [1.82, 2.24) is 25.0 Å². The molecular weight excluding hydrogens is 358 g/mol. The quantitative estimate of drug-likeness (QED) is 0.480. The van der Waals surface area contributed by atoms with Gasteiger partial charge in [0.15, 0.2) is 5.69 Å². The molecule has 26 heavy (non-hydrogen) atoms. The van der Waals surface area contributed by atoms with Gasteiger partial charge < -0.3 is 14.0 Å². The van der Waals surface area contributed by atoms with Gasteiger partial charge in [0, 0.05) is 29.5 Å². The zero-order chi connectivity index (χ0) is 18.4. The number of nitrogens with one attached hydrogen (secondary N) is 1. The van der Waals surface area contributed by atoms with Crippen LogP contribution < -0.4 is 4.74 Å². The topological polar surface area (TPSA) is 94.9 Å². The highest BCUT2D eigenvalue weighted by Crippen LogP contribution is 2.33. The van der Waals surface area contributed by atoms with Gasteiger partial charge in [0.2, 0.25) is 0 Å². The van der Waals surface area contributed by atoms with E-state index in [0.29, 0.717) is 28.6 Å². The third-order valence-electron chi connectivity index (χ3n) is 3.59. The first-order chi connectivity index (χ1) is 12.7. The maximum absolute atomic E-state index is 12.1. The standard InChI is InChI=1S/C17H18ClN5O3/c1-2-25-17(24)16-15(20-22-21-16)13-10-12(18)4-5-14(13)26-9-3-7-23-8-6-19-11-23/h4-6,8,10-11H,2-3,7,9H2,1H3,(H,20,21,22). The Labute approximate surface area is 155 Å². The number of aromatic amines is 1. The molecule has 0 atom stereocenters. The Balaban J connectivity index is 1.76. The fraction of sp³-hybridized carbons (Fsp3) is 0.294. The first-order valence-corrected chi connectivity index (χ1v) is 8.53. The lowest BCUT2D eigenvalue weighted by molar-refractivity contribution is 0.0520. The number of nitrogens with zero attached hydrogens (tertiary/aromatic N) is 4. The molecule has 136 valence electrons. The van der Waals surface area contributed by atoms with Gasteiger partial charge in [-0.15, -0.1) is 5.10 Å². The van der Waals surface area contributed by atoms with Crippen LogP contribution in [0.3, 0.4) is 0 Å². The zero-order valence-electron chi connectivity index (χ0n) is 14.2. The van der Waals surface area contributed by atoms with Crippen molar-refractivity contribution in [3.8, 4) is 17.0 Å². The number of carbonyl (C=O) groups excluding carboxylic acids is 1. The minimum Gasteiger partial charge on any atom is -0.493 e. The highest BCUT2D eigenvalue weighted by atomic mass is 35.5. The molecule has 0 radical (unpaired) electrons. The smallest absolute Gasteiger partial charge is 0.361 e. The minimum absolute atomic E-state index is 0.0948. The molecule has 1 aromatic carbocycles. The van der Waals surface area contributed by atoms with Gasteiger partial charge in [-0.2, -0.15) is 10.3 Å². The fourth-order valence-electron chi connectivity index (χ4n) is 2.42. The normalized spacial score (nSPS) is 10.7. The number of esters is 1. The lowest BCUT2D eigenvalue weighted by Gasteiger charge is -2.11. The van der Waals surface area contributed by atoms with Crippen LogP contribution in [0.4, 0.5) is 0 Å². The van der Waals surface area contributed by atoms with Gasteiger partial charge in [0.05, 0.1) is 19.5 Å². The second kappa shape index (κ2) is 8.48. The third kappa shape index (κ3) is 4.20. The van der Waals surface area contributed by atoms with Crippen molar-refractivity contribution in [2.75, 3.05) is 13.2 Å². The Morgan fingerprint density at radius 1 is 1.35 bits per heavy atom. The molecule has 2 aromatic heterocycles. The average molecular weight is 376 g/mol. The number of carbonyl (C=O) groups is 1. The van der Waals surface area contributed by atoms with Crippen molar-refractivity contribution >= 4 is 17.6 Å². The van der Waals surface area contributed by atoms with Gasteiger partial charge in [0.25, 0.3) is 0 Å². The number of halogens is 1. The number of benzene rings is 1. The van der Waals surface area contributed by atoms with Crippen LogP contribution in [0.1, 0.15) is 23.8 Å². The van der Waals surface area contributed by atoms with Crippen molar-refractivity contribution < 1.29 is 14.3 Å². The van der Waals surface area contributed by atoms with Crippen molar-refractivity contribution in [2.24, 2.45) is 0 Å². The Morgan fingerprint density at radius 2 is 2.23 bits per heavy atom. The molecular formula is C17H18ClN5O3. The number of aromatic nitrogens is 5. The van der Waals surface area contributed by atoms with Crippen molar-refractivity contribution in [3.05, 3.63) is 47.6 Å². The maximum atomic E-state index is 12.1. The summed E-state index contributed by atoms with van der Waals surface area (Å²) in [5.41, 5.74) is 1.02. The molecule has 0 spiro atoms. The molecule has 2 heterocycles. The van der Waals surface area contributed by atoms with Crippen LogP contribution in [-0.2, 0) is 11.3 Å². The summed E-state index contributed by atoms with van der Waals surface area (Å²) in [6.45, 7) is 3.25. The molecule has 0 fully saturated rings. The van der Waals surface area contributed by atoms with Crippen molar-refractivity contribution in [1.29, 1.82) is 0 Å². The molecule has 3 rings (SSSR count). The lowest BCUT2D eigenvalue weighted by Crippen LogP contribution is -2.08. The number of aryl methyl sites for hydroxylation is 1. The van der Waals surface area contributed by atoms with Gasteiger partial charge in [-0.1, -0.05) is 11.6 Å². The second-order valence-electron chi connectivity index (χ2n) is 5.38. The SMILES string of the molecule is CCOC(=O)c1n[nH]nc1-c1cc(Cl)ccc1OCCCn1ccnc1. The number of H-pyrrole nitrogens is 1. The summed E-state index contributed by atoms with van der Waals surface area (Å²) in [4.78, 5) is 16.1. The average Bonchev–Trinajstić information content (AvgIpc) is 3.31. The summed E-state index contributed by atoms with van der Waals surface area (Å²) in [6, 6.07) is 5.16. The molecule has 0 amide bonds. The Hall–Kier alpha value is -2.87. The number of ether oxygens (including phenoxy) is 2. The van der Waals surface area contributed by atoms with Crippen LogP contribution >= 0.6 is 11.6 Å². The molecule has 0 aliphatic carbocycles. The maximum Gasteiger partial charge on any atom is 0.361 e. The summed E-state index contributed by atoms with van der Waals surface area (Å²) in [5, 5.41) is 10.9. The molecule has 0 aliphatic heterocycles. The molecule has 8 nitrogen and oxygen atoms in total. The number of imidazole rings is 1. The first kappa shape index (κ1) is 17.9. The molecule has 0 unspecified atom stereocenters. The van der Waals surface area contributed by atoms with Crippen LogP contribution in [0.15, 0.2) is 36.9 Å². The van der Waals surface area contributed by atoms with Gasteiger partial charge in [-0.25, -0.2) is 9.78 Å². The van der Waals surface area contributed by atoms with E-state index in [1.165, 1.54) is 0 Å². The minimum atomic E-state index is -0.553. The Bertz CT molecular complexity index is 863. The highest BCUT2D eigenvalue weighted by Gasteiger charge is 2.22. The van der Waals surface area contributed by atoms with Crippen LogP contribution in [0.25, 0.3) is 11.3 Å². The molecule has 9 heteroatoms. The second-order valence-corrected chi connectivity index (χ2v) is 5.82. The van der Waals surface area contributed by atoms with Gasteiger partial charge in [0.1, 0.15) is 11.4 Å². The largest absolute Gasteiger partial charge is 0.493 e. The highest BCUT2D eigenvalue weighted by molar-refractivity contribution is 6.31. The molecule has 0 saturated heterocycles. The number of rotatable bonds is 8. The van der Waals surface area contributed by atoms with E-state index in [-0.39, 0.29) is 12.3 Å². The van der Waals surface area contributed by atoms with E-state index in [9.17, 15) is 4.79 Å². The first-order valence-electron chi connectivity index (χ1n) is 8.15. The predicted octanol–water partition coefficient (Wildman–Crippen LogP) is 2.97. The van der Waals surface area contributed by atoms with Gasteiger partial charge in [-0.3, -0.25) is 0 Å². The van der Waals surface area contributed by atoms with Crippen LogP contribution in [0.5, 0.6) is 5.75 Å². The summed E-state index contributed by atoms with van der Waals surface area (Å²) in [6.07, 6.45) is 6.19. The van der Waals surface area contributed by atoms with E-state index in [2.05, 4.69) is 20.4 Å². The van der Waals surface area contributed by atoms with E-state index in [1.54, 1.807) is 37.6 Å². The lowest BCUT2D eigenvalue weighted by atomic mass is 10.1. The summed E-state index contributed by atoms with van der Waals surface area (Å²) in [5.74, 6) is 0.0155. The van der Waals surface area contributed by atoms with Crippen LogP contribution in [-0.4, -0.2) is 44.1 Å². The molecule has 0 aliphatic rings. The van der Waals surface area contributed by atoms with Gasteiger partial charge >= 0.3 is 5.97 Å². The summed E-state index contributed by atoms with van der Waals surface area (Å²) < 4.78 is 12.9. The van der Waals surface area contributed by atoms with Crippen LogP contribution in [0, 0.1) is 0 Å². The van der Waals surface area contributed by atoms with Crippen molar-refractivity contribution in [2.45, 2.75) is 19.9 Å². The van der Waals surface area contributed by atoms with Crippen LogP contribution in [0.2, 0.25) is 5.02 Å². The zero-order valence-corrected chi connectivity index (χ0v) is 14.9. The summed E-state index contributed by atoms with van der Waals surface area (Å²) in [7, 11) is 0. The van der Waals surface area contributed by atoms with E-state index < -0.39 is 5.97 Å². The monoisotopic (exact) mass is 375 g/mol. The third-order valence-corrected chi connectivity index (χ3v) is 3.83. The molecule has 1 N–H and O–H groups in total. The van der Waals surface area contributed by atoms with E-state index in [4.69, 9.17) is 21.1 Å².